The molecule has 0 heterocycles. The second-order valence-corrected chi connectivity index (χ2v) is 17.4. The predicted octanol–water partition coefficient (Wildman–Crippen LogP) is 10.6. The minimum absolute atomic E-state index is 0.252. The Morgan fingerprint density at radius 1 is 0.750 bits per heavy atom. The molecule has 0 amide bonds. The summed E-state index contributed by atoms with van der Waals surface area (Å²) in [6.07, 6.45) is 16.2. The van der Waals surface area contributed by atoms with Gasteiger partial charge in [0.15, 0.2) is 0 Å². The maximum Gasteiger partial charge on any atom is 0.0629 e. The number of hydrogen-bond donors (Lipinski definition) is 0. The molecule has 0 aromatic carbocycles. The molecule has 0 N–H and O–H groups in total. The van der Waals surface area contributed by atoms with Gasteiger partial charge in [0.1, 0.15) is 0 Å². The molecule has 0 aromatic rings. The van der Waals surface area contributed by atoms with E-state index in [9.17, 15) is 0 Å². The summed E-state index contributed by atoms with van der Waals surface area (Å²) in [4.78, 5) is 0. The molecule has 4 aliphatic carbocycles. The molecule has 1 unspecified atom stereocenters. The molecule has 0 spiro atoms. The Balaban J connectivity index is 1.51. The van der Waals surface area contributed by atoms with E-state index in [2.05, 4.69) is 76.2 Å². The highest BCUT2D eigenvalue weighted by molar-refractivity contribution is 5.16. The van der Waals surface area contributed by atoms with Gasteiger partial charge < -0.3 is 4.74 Å². The van der Waals surface area contributed by atoms with Crippen molar-refractivity contribution < 1.29 is 4.74 Å². The molecular formula is C35H64O. The van der Waals surface area contributed by atoms with Crippen molar-refractivity contribution in [2.24, 2.45) is 62.6 Å². The first-order chi connectivity index (χ1) is 16.6. The molecule has 4 aliphatic rings. The van der Waals surface area contributed by atoms with Crippen LogP contribution in [0.3, 0.4) is 0 Å². The van der Waals surface area contributed by atoms with E-state index in [1.807, 2.05) is 0 Å². The topological polar surface area (TPSA) is 9.23 Å². The minimum Gasteiger partial charge on any atom is -0.377 e. The van der Waals surface area contributed by atoms with Gasteiger partial charge in [-0.25, -0.2) is 0 Å². The van der Waals surface area contributed by atoms with Crippen LogP contribution in [0.25, 0.3) is 0 Å². The molecule has 9 atom stereocenters. The van der Waals surface area contributed by atoms with Crippen LogP contribution >= 0.6 is 0 Å². The highest BCUT2D eigenvalue weighted by Crippen LogP contribution is 2.74. The van der Waals surface area contributed by atoms with Crippen LogP contribution in [0.4, 0.5) is 0 Å². The van der Waals surface area contributed by atoms with Crippen LogP contribution in [0.5, 0.6) is 0 Å². The summed E-state index contributed by atoms with van der Waals surface area (Å²) >= 11 is 0. The van der Waals surface area contributed by atoms with Gasteiger partial charge in [-0.05, 0) is 114 Å². The minimum atomic E-state index is 0.252. The molecule has 4 rings (SSSR count). The largest absolute Gasteiger partial charge is 0.377 e. The average molecular weight is 501 g/mol. The van der Waals surface area contributed by atoms with Crippen molar-refractivity contribution in [2.75, 3.05) is 6.61 Å². The molecule has 0 aromatic heterocycles. The predicted molar refractivity (Wildman–Crippen MR) is 156 cm³/mol. The van der Waals surface area contributed by atoms with Crippen LogP contribution in [-0.4, -0.2) is 12.7 Å². The maximum absolute atomic E-state index is 6.69. The van der Waals surface area contributed by atoms with E-state index in [0.717, 1.165) is 42.1 Å². The Kier molecular flexibility index (Phi) is 7.93. The fraction of sp³-hybridized carbons (Fsp3) is 1.00. The zero-order chi connectivity index (χ0) is 26.7. The molecule has 0 aliphatic heterocycles. The van der Waals surface area contributed by atoms with E-state index in [-0.39, 0.29) is 10.8 Å². The van der Waals surface area contributed by atoms with Gasteiger partial charge >= 0.3 is 0 Å². The third-order valence-corrected chi connectivity index (χ3v) is 13.3. The number of ether oxygens (including phenoxy) is 1. The molecule has 0 bridgehead atoms. The van der Waals surface area contributed by atoms with Crippen LogP contribution in [0.2, 0.25) is 0 Å². The smallest absolute Gasteiger partial charge is 0.0629 e. The Morgan fingerprint density at radius 3 is 2.06 bits per heavy atom. The van der Waals surface area contributed by atoms with Crippen LogP contribution in [0.1, 0.15) is 147 Å². The van der Waals surface area contributed by atoms with Crippen LogP contribution in [0, 0.1) is 62.6 Å². The Morgan fingerprint density at radius 2 is 1.42 bits per heavy atom. The van der Waals surface area contributed by atoms with Gasteiger partial charge in [0.2, 0.25) is 0 Å². The van der Waals surface area contributed by atoms with Gasteiger partial charge in [0, 0.05) is 0 Å². The zero-order valence-electron chi connectivity index (χ0n) is 26.4. The molecule has 36 heavy (non-hydrogen) atoms. The van der Waals surface area contributed by atoms with Gasteiger partial charge in [-0.1, -0.05) is 95.4 Å². The van der Waals surface area contributed by atoms with E-state index in [1.165, 1.54) is 70.6 Å². The lowest BCUT2D eigenvalue weighted by molar-refractivity contribution is -0.211. The van der Waals surface area contributed by atoms with Crippen molar-refractivity contribution in [1.82, 2.24) is 0 Å². The normalized spacial score (nSPS) is 45.2. The van der Waals surface area contributed by atoms with Crippen molar-refractivity contribution in [3.05, 3.63) is 0 Å². The summed E-state index contributed by atoms with van der Waals surface area (Å²) in [5.74, 6) is 5.36. The first-order valence-corrected chi connectivity index (χ1v) is 16.2. The third-order valence-electron chi connectivity index (χ3n) is 13.3. The maximum atomic E-state index is 6.69. The zero-order valence-corrected chi connectivity index (χ0v) is 26.4. The summed E-state index contributed by atoms with van der Waals surface area (Å²) in [6.45, 7) is 28.7. The molecule has 210 valence electrons. The summed E-state index contributed by atoms with van der Waals surface area (Å²) in [5, 5.41) is 0. The molecule has 1 heteroatoms. The third kappa shape index (κ3) is 4.77. The van der Waals surface area contributed by atoms with Crippen LogP contribution in [-0.2, 0) is 4.74 Å². The Labute approximate surface area is 226 Å². The number of rotatable bonds is 7. The SMILES string of the molecule is CC(C)CCC[C@@H](C)[C@H]1CC[C@@]2(C)[C@@H]3CC[C@H]4C(C)(C)C(OCC(C)(C)C)CC[C@]4(C)[C@H]3CC[C@]12C. The first-order valence-electron chi connectivity index (χ1n) is 16.2. The summed E-state index contributed by atoms with van der Waals surface area (Å²) in [7, 11) is 0. The second kappa shape index (κ2) is 9.86. The fourth-order valence-electron chi connectivity index (χ4n) is 11.1. The van der Waals surface area contributed by atoms with Gasteiger partial charge in [0.05, 0.1) is 12.7 Å². The summed E-state index contributed by atoms with van der Waals surface area (Å²) in [6, 6.07) is 0. The van der Waals surface area contributed by atoms with Gasteiger partial charge in [-0.2, -0.15) is 0 Å². The first kappa shape index (κ1) is 29.0. The Bertz CT molecular complexity index is 759. The fourth-order valence-corrected chi connectivity index (χ4v) is 11.1. The highest BCUT2D eigenvalue weighted by atomic mass is 16.5. The summed E-state index contributed by atoms with van der Waals surface area (Å²) < 4.78 is 6.69. The van der Waals surface area contributed by atoms with E-state index < -0.39 is 0 Å². The lowest BCUT2D eigenvalue weighted by atomic mass is 9.38. The molecule has 0 saturated heterocycles. The van der Waals surface area contributed by atoms with Gasteiger partial charge in [-0.3, -0.25) is 0 Å². The lowest BCUT2D eigenvalue weighted by Gasteiger charge is -2.67. The summed E-state index contributed by atoms with van der Waals surface area (Å²) in [5.41, 5.74) is 2.14. The highest BCUT2D eigenvalue weighted by Gasteiger charge is 2.67. The van der Waals surface area contributed by atoms with Crippen molar-refractivity contribution in [3.8, 4) is 0 Å². The molecule has 0 radical (unpaired) electrons. The lowest BCUT2D eigenvalue weighted by Crippen LogP contribution is -2.62. The van der Waals surface area contributed by atoms with E-state index in [1.54, 1.807) is 0 Å². The standard InChI is InChI=1S/C35H64O/c1-24(2)13-12-14-25(3)26-17-21-35(11)28-15-16-29-32(7,8)30(36-23-31(4,5)6)19-20-33(29,9)27(28)18-22-34(26,35)10/h24-30H,12-23H2,1-11H3/t25-,26-,27+,28-,29+,30?,33-,34-,35+/m1/s1. The monoisotopic (exact) mass is 500 g/mol. The van der Waals surface area contributed by atoms with E-state index in [4.69, 9.17) is 4.74 Å². The molecule has 1 nitrogen and oxygen atoms in total. The van der Waals surface area contributed by atoms with Crippen LogP contribution in [0.15, 0.2) is 0 Å². The van der Waals surface area contributed by atoms with Gasteiger partial charge in [-0.15, -0.1) is 0 Å². The van der Waals surface area contributed by atoms with Crippen molar-refractivity contribution in [3.63, 3.8) is 0 Å². The van der Waals surface area contributed by atoms with Crippen LogP contribution < -0.4 is 0 Å². The molecular weight excluding hydrogens is 436 g/mol. The van der Waals surface area contributed by atoms with Crippen molar-refractivity contribution in [1.29, 1.82) is 0 Å². The number of fused-ring (bicyclic) bond motifs is 5. The van der Waals surface area contributed by atoms with Gasteiger partial charge in [0.25, 0.3) is 0 Å². The number of hydrogen-bond acceptors (Lipinski definition) is 1. The van der Waals surface area contributed by atoms with E-state index in [0.29, 0.717) is 22.3 Å². The van der Waals surface area contributed by atoms with E-state index >= 15 is 0 Å². The molecule has 4 fully saturated rings. The average Bonchev–Trinajstić information content (AvgIpc) is 3.03. The Hall–Kier alpha value is -0.0400. The van der Waals surface area contributed by atoms with Crippen molar-refractivity contribution in [2.45, 2.75) is 153 Å². The quantitative estimate of drug-likeness (QED) is 0.338. The van der Waals surface area contributed by atoms with Crippen molar-refractivity contribution >= 4 is 0 Å². The second-order valence-electron chi connectivity index (χ2n) is 17.4. The molecule has 4 saturated carbocycles.